The smallest absolute Gasteiger partial charge is 0.263 e. The van der Waals surface area contributed by atoms with Gasteiger partial charge in [0.15, 0.2) is 0 Å². The Labute approximate surface area is 110 Å². The Morgan fingerprint density at radius 2 is 2.17 bits per heavy atom. The largest absolute Gasteiger partial charge is 0.383 e. The Bertz CT molecular complexity index is 511. The molecule has 0 aliphatic rings. The highest BCUT2D eigenvalue weighted by atomic mass is 32.1. The number of carbonyl (C=O) groups excluding carboxylic acids is 1. The molecule has 94 valence electrons. The molecule has 5 heteroatoms. The molecule has 0 atom stereocenters. The summed E-state index contributed by atoms with van der Waals surface area (Å²) in [7, 11) is 1.61. The zero-order valence-corrected chi connectivity index (χ0v) is 10.9. The molecule has 0 fully saturated rings. The number of rotatable bonds is 5. The first-order chi connectivity index (χ1) is 8.83. The maximum atomic E-state index is 12.0. The van der Waals surface area contributed by atoms with Crippen molar-refractivity contribution in [1.82, 2.24) is 10.3 Å². The monoisotopic (exact) mass is 262 g/mol. The minimum Gasteiger partial charge on any atom is -0.383 e. The molecule has 4 nitrogen and oxygen atoms in total. The Morgan fingerprint density at radius 3 is 2.89 bits per heavy atom. The molecule has 1 aromatic carbocycles. The first-order valence-electron chi connectivity index (χ1n) is 5.59. The number of carbonyl (C=O) groups is 1. The average molecular weight is 262 g/mol. The second-order valence-electron chi connectivity index (χ2n) is 3.64. The molecule has 1 aromatic heterocycles. The third-order valence-corrected chi connectivity index (χ3v) is 3.24. The van der Waals surface area contributed by atoms with E-state index < -0.39 is 0 Å². The van der Waals surface area contributed by atoms with Crippen LogP contribution in [0.4, 0.5) is 0 Å². The summed E-state index contributed by atoms with van der Waals surface area (Å²) in [6, 6.07) is 9.69. The molecule has 0 saturated heterocycles. The van der Waals surface area contributed by atoms with Gasteiger partial charge in [0, 0.05) is 19.2 Å². The maximum absolute atomic E-state index is 12.0. The number of hydrogen-bond donors (Lipinski definition) is 1. The normalized spacial score (nSPS) is 10.3. The van der Waals surface area contributed by atoms with Gasteiger partial charge >= 0.3 is 0 Å². The van der Waals surface area contributed by atoms with E-state index in [0.29, 0.717) is 18.0 Å². The van der Waals surface area contributed by atoms with Crippen molar-refractivity contribution in [3.63, 3.8) is 0 Å². The van der Waals surface area contributed by atoms with Crippen LogP contribution in [0.1, 0.15) is 9.67 Å². The Balaban J connectivity index is 2.15. The summed E-state index contributed by atoms with van der Waals surface area (Å²) >= 11 is 1.35. The summed E-state index contributed by atoms with van der Waals surface area (Å²) < 4.78 is 4.90. The number of aromatic nitrogens is 1. The van der Waals surface area contributed by atoms with Crippen molar-refractivity contribution in [2.75, 3.05) is 20.3 Å². The number of ether oxygens (including phenoxy) is 1. The molecule has 2 aromatic rings. The Hall–Kier alpha value is -1.72. The van der Waals surface area contributed by atoms with Crippen LogP contribution in [0.5, 0.6) is 0 Å². The predicted molar refractivity (Wildman–Crippen MR) is 71.8 cm³/mol. The van der Waals surface area contributed by atoms with E-state index in [1.807, 2.05) is 30.3 Å². The van der Waals surface area contributed by atoms with Crippen LogP contribution in [0.25, 0.3) is 11.3 Å². The van der Waals surface area contributed by atoms with Gasteiger partial charge in [0.1, 0.15) is 4.88 Å². The topological polar surface area (TPSA) is 51.2 Å². The van der Waals surface area contributed by atoms with Crippen LogP contribution in [-0.4, -0.2) is 31.2 Å². The fourth-order valence-corrected chi connectivity index (χ4v) is 2.28. The van der Waals surface area contributed by atoms with Crippen LogP contribution in [0, 0.1) is 0 Å². The van der Waals surface area contributed by atoms with Gasteiger partial charge in [-0.2, -0.15) is 0 Å². The first-order valence-corrected chi connectivity index (χ1v) is 6.47. The summed E-state index contributed by atoms with van der Waals surface area (Å²) in [6.07, 6.45) is 0. The highest BCUT2D eigenvalue weighted by Crippen LogP contribution is 2.24. The van der Waals surface area contributed by atoms with Crippen molar-refractivity contribution >= 4 is 17.2 Å². The summed E-state index contributed by atoms with van der Waals surface area (Å²) in [5.74, 6) is -0.103. The lowest BCUT2D eigenvalue weighted by molar-refractivity contribution is 0.0941. The summed E-state index contributed by atoms with van der Waals surface area (Å²) in [5, 5.41) is 2.80. The van der Waals surface area contributed by atoms with Crippen LogP contribution in [0.15, 0.2) is 35.8 Å². The molecule has 0 bridgehead atoms. The van der Waals surface area contributed by atoms with Crippen LogP contribution < -0.4 is 5.32 Å². The summed E-state index contributed by atoms with van der Waals surface area (Å²) in [6.45, 7) is 1.01. The van der Waals surface area contributed by atoms with Crippen molar-refractivity contribution in [2.45, 2.75) is 0 Å². The molecule has 0 radical (unpaired) electrons. The number of benzene rings is 1. The molecular weight excluding hydrogens is 248 g/mol. The van der Waals surface area contributed by atoms with Crippen molar-refractivity contribution in [1.29, 1.82) is 0 Å². The van der Waals surface area contributed by atoms with Crippen LogP contribution in [-0.2, 0) is 4.74 Å². The molecule has 0 unspecified atom stereocenters. The average Bonchev–Trinajstić information content (AvgIpc) is 2.89. The van der Waals surface area contributed by atoms with E-state index in [1.54, 1.807) is 12.6 Å². The fraction of sp³-hybridized carbons (Fsp3) is 0.231. The van der Waals surface area contributed by atoms with Crippen LogP contribution in [0.3, 0.4) is 0 Å². The number of nitrogens with one attached hydrogen (secondary N) is 1. The van der Waals surface area contributed by atoms with Gasteiger partial charge in [-0.1, -0.05) is 30.3 Å². The highest BCUT2D eigenvalue weighted by molar-refractivity contribution is 7.12. The molecule has 2 rings (SSSR count). The van der Waals surface area contributed by atoms with Crippen molar-refractivity contribution in [3.05, 3.63) is 40.7 Å². The van der Waals surface area contributed by atoms with Crippen molar-refractivity contribution < 1.29 is 9.53 Å². The van der Waals surface area contributed by atoms with E-state index in [2.05, 4.69) is 10.3 Å². The van der Waals surface area contributed by atoms with E-state index in [0.717, 1.165) is 11.3 Å². The second-order valence-corrected chi connectivity index (χ2v) is 4.50. The SMILES string of the molecule is COCCNC(=O)c1scnc1-c1ccccc1. The van der Waals surface area contributed by atoms with Crippen molar-refractivity contribution in [3.8, 4) is 11.3 Å². The summed E-state index contributed by atoms with van der Waals surface area (Å²) in [5.41, 5.74) is 3.37. The maximum Gasteiger partial charge on any atom is 0.263 e. The Morgan fingerprint density at radius 1 is 1.39 bits per heavy atom. The molecule has 1 heterocycles. The standard InChI is InChI=1S/C13H14N2O2S/c1-17-8-7-14-13(16)12-11(15-9-18-12)10-5-3-2-4-6-10/h2-6,9H,7-8H2,1H3,(H,14,16). The molecule has 1 amide bonds. The van der Waals surface area contributed by atoms with Gasteiger partial charge in [-0.3, -0.25) is 4.79 Å². The number of methoxy groups -OCH3 is 1. The minimum atomic E-state index is -0.103. The minimum absolute atomic E-state index is 0.103. The fourth-order valence-electron chi connectivity index (χ4n) is 1.56. The van der Waals surface area contributed by atoms with Crippen LogP contribution in [0.2, 0.25) is 0 Å². The number of thiazole rings is 1. The van der Waals surface area contributed by atoms with E-state index >= 15 is 0 Å². The third kappa shape index (κ3) is 2.94. The van der Waals surface area contributed by atoms with E-state index in [9.17, 15) is 4.79 Å². The zero-order valence-electron chi connectivity index (χ0n) is 10.1. The van der Waals surface area contributed by atoms with Gasteiger partial charge in [0.05, 0.1) is 17.8 Å². The van der Waals surface area contributed by atoms with Gasteiger partial charge < -0.3 is 10.1 Å². The van der Waals surface area contributed by atoms with E-state index in [1.165, 1.54) is 11.3 Å². The highest BCUT2D eigenvalue weighted by Gasteiger charge is 2.15. The van der Waals surface area contributed by atoms with E-state index in [4.69, 9.17) is 4.74 Å². The Kier molecular flexibility index (Phi) is 4.44. The lowest BCUT2D eigenvalue weighted by Crippen LogP contribution is -2.26. The molecule has 0 aliphatic carbocycles. The molecule has 0 aliphatic heterocycles. The van der Waals surface area contributed by atoms with Gasteiger partial charge in [-0.05, 0) is 0 Å². The van der Waals surface area contributed by atoms with Gasteiger partial charge in [0.25, 0.3) is 5.91 Å². The molecule has 1 N–H and O–H groups in total. The van der Waals surface area contributed by atoms with Crippen molar-refractivity contribution in [2.24, 2.45) is 0 Å². The first kappa shape index (κ1) is 12.7. The predicted octanol–water partition coefficient (Wildman–Crippen LogP) is 2.19. The second kappa shape index (κ2) is 6.28. The summed E-state index contributed by atoms with van der Waals surface area (Å²) in [4.78, 5) is 16.9. The lowest BCUT2D eigenvalue weighted by atomic mass is 10.1. The van der Waals surface area contributed by atoms with Crippen LogP contribution >= 0.6 is 11.3 Å². The van der Waals surface area contributed by atoms with Gasteiger partial charge in [-0.25, -0.2) is 4.98 Å². The zero-order chi connectivity index (χ0) is 12.8. The van der Waals surface area contributed by atoms with Gasteiger partial charge in [0.2, 0.25) is 0 Å². The third-order valence-electron chi connectivity index (χ3n) is 2.41. The molecule has 18 heavy (non-hydrogen) atoms. The molecular formula is C13H14N2O2S. The quantitative estimate of drug-likeness (QED) is 0.840. The number of amides is 1. The van der Waals surface area contributed by atoms with Gasteiger partial charge in [-0.15, -0.1) is 11.3 Å². The lowest BCUT2D eigenvalue weighted by Gasteiger charge is -2.04. The number of hydrogen-bond acceptors (Lipinski definition) is 4. The van der Waals surface area contributed by atoms with E-state index in [-0.39, 0.29) is 5.91 Å². The molecule has 0 saturated carbocycles. The molecule has 0 spiro atoms. The number of nitrogens with zero attached hydrogens (tertiary/aromatic N) is 1.